The van der Waals surface area contributed by atoms with Gasteiger partial charge in [0, 0.05) is 13.5 Å². The lowest BCUT2D eigenvalue weighted by Gasteiger charge is -2.29. The highest BCUT2D eigenvalue weighted by molar-refractivity contribution is 6.01. The lowest BCUT2D eigenvalue weighted by atomic mass is 9.89. The second kappa shape index (κ2) is 3.59. The predicted octanol–water partition coefficient (Wildman–Crippen LogP) is 1.36. The molecule has 4 nitrogen and oxygen atoms in total. The summed E-state index contributed by atoms with van der Waals surface area (Å²) in [5, 5.41) is 8.99. The molecule has 1 unspecified atom stereocenters. The summed E-state index contributed by atoms with van der Waals surface area (Å²) < 4.78 is 13.5. The number of carbonyl (C=O) groups is 2. The van der Waals surface area contributed by atoms with Crippen molar-refractivity contribution in [1.29, 1.82) is 0 Å². The smallest absolute Gasteiger partial charge is 0.311 e. The van der Waals surface area contributed by atoms with E-state index in [1.807, 2.05) is 0 Å². The van der Waals surface area contributed by atoms with Crippen LogP contribution in [0, 0.1) is 5.82 Å². The Hall–Kier alpha value is -1.91. The molecule has 16 heavy (non-hydrogen) atoms. The second-order valence-corrected chi connectivity index (χ2v) is 3.73. The van der Waals surface area contributed by atoms with E-state index in [1.54, 1.807) is 6.07 Å². The number of aliphatic carboxylic acids is 1. The van der Waals surface area contributed by atoms with Crippen molar-refractivity contribution < 1.29 is 19.1 Å². The van der Waals surface area contributed by atoms with Gasteiger partial charge in [-0.15, -0.1) is 0 Å². The van der Waals surface area contributed by atoms with E-state index in [9.17, 15) is 14.0 Å². The lowest BCUT2D eigenvalue weighted by molar-refractivity contribution is -0.140. The number of carbonyl (C=O) groups excluding carboxylic acids is 1. The molecule has 0 saturated carbocycles. The number of hydrogen-bond donors (Lipinski definition) is 1. The summed E-state index contributed by atoms with van der Waals surface area (Å²) in [5.74, 6) is -3.01. The molecule has 0 saturated heterocycles. The Morgan fingerprint density at radius 2 is 2.25 bits per heavy atom. The van der Waals surface area contributed by atoms with E-state index in [1.165, 1.54) is 24.1 Å². The van der Waals surface area contributed by atoms with E-state index >= 15 is 0 Å². The molecule has 0 bridgehead atoms. The van der Waals surface area contributed by atoms with Crippen LogP contribution in [0.2, 0.25) is 0 Å². The maximum atomic E-state index is 13.5. The van der Waals surface area contributed by atoms with E-state index in [4.69, 9.17) is 5.11 Å². The van der Waals surface area contributed by atoms with Crippen molar-refractivity contribution in [2.45, 2.75) is 12.3 Å². The van der Waals surface area contributed by atoms with Crippen molar-refractivity contribution >= 4 is 17.6 Å². The highest BCUT2D eigenvalue weighted by Crippen LogP contribution is 2.36. The van der Waals surface area contributed by atoms with E-state index in [-0.39, 0.29) is 18.0 Å². The number of carboxylic acids is 1. The standard InChI is InChI=1S/C11H10FNO3/c1-13-9(14)5-7(11(15)16)6-3-2-4-8(12)10(6)13/h2-4,7H,5H2,1H3,(H,15,16). The predicted molar refractivity (Wildman–Crippen MR) is 54.8 cm³/mol. The third-order valence-corrected chi connectivity index (χ3v) is 2.78. The summed E-state index contributed by atoms with van der Waals surface area (Å²) in [5.41, 5.74) is 0.431. The molecule has 1 N–H and O–H groups in total. The minimum atomic E-state index is -1.10. The zero-order chi connectivity index (χ0) is 11.9. The third-order valence-electron chi connectivity index (χ3n) is 2.78. The van der Waals surface area contributed by atoms with Crippen molar-refractivity contribution in [2.75, 3.05) is 11.9 Å². The summed E-state index contributed by atoms with van der Waals surface area (Å²) in [6.45, 7) is 0. The Morgan fingerprint density at radius 1 is 1.56 bits per heavy atom. The SMILES string of the molecule is CN1C(=O)CC(C(=O)O)c2cccc(F)c21. The highest BCUT2D eigenvalue weighted by Gasteiger charge is 2.35. The molecule has 1 aliphatic rings. The fourth-order valence-corrected chi connectivity index (χ4v) is 1.93. The molecule has 0 aliphatic carbocycles. The first kappa shape index (κ1) is 10.6. The number of anilines is 1. The molecule has 84 valence electrons. The average Bonchev–Trinajstić information content (AvgIpc) is 2.22. The van der Waals surface area contributed by atoms with Crippen molar-refractivity contribution in [3.05, 3.63) is 29.6 Å². The van der Waals surface area contributed by atoms with Gasteiger partial charge < -0.3 is 10.0 Å². The van der Waals surface area contributed by atoms with Gasteiger partial charge in [0.15, 0.2) is 0 Å². The van der Waals surface area contributed by atoms with Crippen LogP contribution < -0.4 is 4.90 Å². The Bertz CT molecular complexity index is 472. The zero-order valence-electron chi connectivity index (χ0n) is 8.61. The minimum absolute atomic E-state index is 0.0751. The van der Waals surface area contributed by atoms with Crippen LogP contribution in [-0.4, -0.2) is 24.0 Å². The monoisotopic (exact) mass is 223 g/mol. The quantitative estimate of drug-likeness (QED) is 0.782. The molecular formula is C11H10FNO3. The Kier molecular flexibility index (Phi) is 2.38. The van der Waals surface area contributed by atoms with Gasteiger partial charge in [0.2, 0.25) is 5.91 Å². The largest absolute Gasteiger partial charge is 0.481 e. The lowest BCUT2D eigenvalue weighted by Crippen LogP contribution is -2.36. The molecule has 1 aliphatic heterocycles. The fraction of sp³-hybridized carbons (Fsp3) is 0.273. The molecule has 1 amide bonds. The number of carboxylic acid groups (broad SMARTS) is 1. The Labute approximate surface area is 91.3 Å². The summed E-state index contributed by atoms with van der Waals surface area (Å²) >= 11 is 0. The summed E-state index contributed by atoms with van der Waals surface area (Å²) in [7, 11) is 1.45. The van der Waals surface area contributed by atoms with E-state index < -0.39 is 17.7 Å². The van der Waals surface area contributed by atoms with Gasteiger partial charge in [-0.05, 0) is 11.6 Å². The van der Waals surface area contributed by atoms with Crippen LogP contribution in [-0.2, 0) is 9.59 Å². The molecule has 2 rings (SSSR count). The van der Waals surface area contributed by atoms with Gasteiger partial charge in [0.1, 0.15) is 5.82 Å². The molecule has 1 heterocycles. The molecule has 5 heteroatoms. The van der Waals surface area contributed by atoms with Gasteiger partial charge in [-0.3, -0.25) is 9.59 Å². The van der Waals surface area contributed by atoms with Gasteiger partial charge in [0.05, 0.1) is 11.6 Å². The normalized spacial score (nSPS) is 19.5. The Morgan fingerprint density at radius 3 is 2.88 bits per heavy atom. The molecular weight excluding hydrogens is 213 g/mol. The van der Waals surface area contributed by atoms with Crippen molar-refractivity contribution in [1.82, 2.24) is 0 Å². The van der Waals surface area contributed by atoms with Crippen LogP contribution >= 0.6 is 0 Å². The number of rotatable bonds is 1. The fourth-order valence-electron chi connectivity index (χ4n) is 1.93. The first-order chi connectivity index (χ1) is 7.52. The minimum Gasteiger partial charge on any atom is -0.481 e. The molecule has 1 atom stereocenters. The maximum Gasteiger partial charge on any atom is 0.311 e. The number of para-hydroxylation sites is 1. The number of benzene rings is 1. The molecule has 0 fully saturated rings. The van der Waals surface area contributed by atoms with Crippen molar-refractivity contribution in [3.8, 4) is 0 Å². The van der Waals surface area contributed by atoms with Crippen molar-refractivity contribution in [3.63, 3.8) is 0 Å². The second-order valence-electron chi connectivity index (χ2n) is 3.73. The molecule has 1 aromatic rings. The summed E-state index contributed by atoms with van der Waals surface area (Å²) in [4.78, 5) is 23.7. The van der Waals surface area contributed by atoms with Crippen LogP contribution in [0.1, 0.15) is 17.9 Å². The molecule has 0 aromatic heterocycles. The van der Waals surface area contributed by atoms with Crippen LogP contribution in [0.25, 0.3) is 0 Å². The zero-order valence-corrected chi connectivity index (χ0v) is 8.61. The Balaban J connectivity index is 2.62. The molecule has 0 radical (unpaired) electrons. The molecule has 0 spiro atoms. The number of halogens is 1. The first-order valence-corrected chi connectivity index (χ1v) is 4.80. The van der Waals surface area contributed by atoms with Crippen molar-refractivity contribution in [2.24, 2.45) is 0 Å². The van der Waals surface area contributed by atoms with Crippen LogP contribution in [0.5, 0.6) is 0 Å². The maximum absolute atomic E-state index is 13.5. The highest BCUT2D eigenvalue weighted by atomic mass is 19.1. The van der Waals surface area contributed by atoms with Crippen LogP contribution in [0.4, 0.5) is 10.1 Å². The topological polar surface area (TPSA) is 57.6 Å². The van der Waals surface area contributed by atoms with Gasteiger partial charge in [0.25, 0.3) is 0 Å². The van der Waals surface area contributed by atoms with Crippen LogP contribution in [0.3, 0.4) is 0 Å². The molecule has 1 aromatic carbocycles. The first-order valence-electron chi connectivity index (χ1n) is 4.80. The number of hydrogen-bond acceptors (Lipinski definition) is 2. The number of fused-ring (bicyclic) bond motifs is 1. The van der Waals surface area contributed by atoms with E-state index in [0.29, 0.717) is 5.56 Å². The van der Waals surface area contributed by atoms with Crippen LogP contribution in [0.15, 0.2) is 18.2 Å². The van der Waals surface area contributed by atoms with Gasteiger partial charge in [-0.2, -0.15) is 0 Å². The third kappa shape index (κ3) is 1.44. The summed E-state index contributed by atoms with van der Waals surface area (Å²) in [6, 6.07) is 4.21. The van der Waals surface area contributed by atoms with Gasteiger partial charge in [-0.1, -0.05) is 12.1 Å². The average molecular weight is 223 g/mol. The van der Waals surface area contributed by atoms with E-state index in [0.717, 1.165) is 0 Å². The van der Waals surface area contributed by atoms with Gasteiger partial charge >= 0.3 is 5.97 Å². The van der Waals surface area contributed by atoms with Gasteiger partial charge in [-0.25, -0.2) is 4.39 Å². The number of nitrogens with zero attached hydrogens (tertiary/aromatic N) is 1. The summed E-state index contributed by atoms with van der Waals surface area (Å²) in [6.07, 6.45) is -0.123. The van der Waals surface area contributed by atoms with E-state index in [2.05, 4.69) is 0 Å². The number of amides is 1.